The zero-order valence-electron chi connectivity index (χ0n) is 16.9. The molecule has 0 spiro atoms. The summed E-state index contributed by atoms with van der Waals surface area (Å²) in [5.41, 5.74) is 5.70. The van der Waals surface area contributed by atoms with Gasteiger partial charge in [0.1, 0.15) is 5.37 Å². The molecule has 4 rings (SSSR count). The molecule has 29 heavy (non-hydrogen) atoms. The number of nitrogens with one attached hydrogen (secondary N) is 1. The van der Waals surface area contributed by atoms with Crippen LogP contribution in [0, 0.1) is 0 Å². The van der Waals surface area contributed by atoms with E-state index in [9.17, 15) is 9.59 Å². The van der Waals surface area contributed by atoms with Crippen LogP contribution < -0.4 is 10.2 Å². The van der Waals surface area contributed by atoms with E-state index in [0.29, 0.717) is 12.2 Å². The third-order valence-corrected chi connectivity index (χ3v) is 6.93. The summed E-state index contributed by atoms with van der Waals surface area (Å²) >= 11 is 1.66. The summed E-state index contributed by atoms with van der Waals surface area (Å²) in [5, 5.41) is 2.95. The predicted molar refractivity (Wildman–Crippen MR) is 120 cm³/mol. The number of anilines is 2. The molecule has 2 aromatic carbocycles. The number of rotatable bonds is 7. The number of nitrogens with zero attached hydrogens (tertiary/aromatic N) is 1. The molecule has 1 aliphatic heterocycles. The van der Waals surface area contributed by atoms with Crippen LogP contribution in [0.15, 0.2) is 42.5 Å². The number of aryl methyl sites for hydroxylation is 2. The van der Waals surface area contributed by atoms with Gasteiger partial charge < -0.3 is 5.32 Å². The number of carbonyl (C=O) groups is 2. The molecule has 1 fully saturated rings. The SMILES string of the molecule is CCCCCC(=O)Nc1ccc([C@@H]2SCC(=O)N2c2ccc3c(c2)CCC3)cc1. The van der Waals surface area contributed by atoms with E-state index in [1.165, 1.54) is 17.5 Å². The Morgan fingerprint density at radius 3 is 2.69 bits per heavy atom. The fourth-order valence-electron chi connectivity index (χ4n) is 4.15. The number of benzene rings is 2. The predicted octanol–water partition coefficient (Wildman–Crippen LogP) is 5.47. The van der Waals surface area contributed by atoms with Crippen molar-refractivity contribution in [1.29, 1.82) is 0 Å². The molecule has 1 saturated heterocycles. The van der Waals surface area contributed by atoms with Crippen molar-refractivity contribution in [1.82, 2.24) is 0 Å². The molecule has 5 heteroatoms. The van der Waals surface area contributed by atoms with E-state index in [1.807, 2.05) is 29.2 Å². The van der Waals surface area contributed by atoms with Gasteiger partial charge in [-0.15, -0.1) is 11.8 Å². The molecule has 0 aromatic heterocycles. The highest BCUT2D eigenvalue weighted by molar-refractivity contribution is 8.00. The van der Waals surface area contributed by atoms with Crippen LogP contribution >= 0.6 is 11.8 Å². The van der Waals surface area contributed by atoms with E-state index >= 15 is 0 Å². The minimum absolute atomic E-state index is 0.0174. The van der Waals surface area contributed by atoms with Crippen LogP contribution in [0.5, 0.6) is 0 Å². The van der Waals surface area contributed by atoms with Gasteiger partial charge in [0.2, 0.25) is 11.8 Å². The summed E-state index contributed by atoms with van der Waals surface area (Å²) in [5.74, 6) is 0.722. The lowest BCUT2D eigenvalue weighted by Crippen LogP contribution is -2.27. The quantitative estimate of drug-likeness (QED) is 0.618. The van der Waals surface area contributed by atoms with Crippen LogP contribution in [0.1, 0.15) is 61.1 Å². The fourth-order valence-corrected chi connectivity index (χ4v) is 5.33. The van der Waals surface area contributed by atoms with Crippen molar-refractivity contribution in [2.45, 2.75) is 57.2 Å². The number of unbranched alkanes of at least 4 members (excludes halogenated alkanes) is 2. The molecule has 1 atom stereocenters. The smallest absolute Gasteiger partial charge is 0.238 e. The third-order valence-electron chi connectivity index (χ3n) is 5.72. The van der Waals surface area contributed by atoms with Gasteiger partial charge in [-0.25, -0.2) is 0 Å². The molecule has 2 amide bonds. The third kappa shape index (κ3) is 4.50. The summed E-state index contributed by atoms with van der Waals surface area (Å²) in [7, 11) is 0. The van der Waals surface area contributed by atoms with Gasteiger partial charge in [0.15, 0.2) is 0 Å². The van der Waals surface area contributed by atoms with Crippen LogP contribution in [0.25, 0.3) is 0 Å². The highest BCUT2D eigenvalue weighted by Crippen LogP contribution is 2.42. The molecule has 2 aromatic rings. The van der Waals surface area contributed by atoms with E-state index in [4.69, 9.17) is 0 Å². The maximum Gasteiger partial charge on any atom is 0.238 e. The fraction of sp³-hybridized carbons (Fsp3) is 0.417. The Hall–Kier alpha value is -2.27. The van der Waals surface area contributed by atoms with Crippen molar-refractivity contribution in [3.63, 3.8) is 0 Å². The van der Waals surface area contributed by atoms with Gasteiger partial charge in [0, 0.05) is 17.8 Å². The number of fused-ring (bicyclic) bond motifs is 1. The number of hydrogen-bond donors (Lipinski definition) is 1. The van der Waals surface area contributed by atoms with Gasteiger partial charge in [0.05, 0.1) is 5.75 Å². The standard InChI is InChI=1S/C24H28N2O2S/c1-2-3-4-8-22(27)25-20-12-9-18(10-13-20)24-26(23(28)16-29-24)21-14-11-17-6-5-7-19(17)15-21/h9-15,24H,2-8,16H2,1H3,(H,25,27)/t24-/m0/s1. The first-order chi connectivity index (χ1) is 14.2. The monoisotopic (exact) mass is 408 g/mol. The van der Waals surface area contributed by atoms with Crippen molar-refractivity contribution in [2.24, 2.45) is 0 Å². The summed E-state index contributed by atoms with van der Waals surface area (Å²) in [4.78, 5) is 26.6. The lowest BCUT2D eigenvalue weighted by atomic mass is 10.1. The molecule has 0 unspecified atom stereocenters. The molecular formula is C24H28N2O2S. The first-order valence-electron chi connectivity index (χ1n) is 10.6. The molecule has 1 aliphatic carbocycles. The number of thioether (sulfide) groups is 1. The number of amides is 2. The maximum absolute atomic E-state index is 12.6. The Balaban J connectivity index is 1.47. The Labute approximate surface area is 177 Å². The van der Waals surface area contributed by atoms with E-state index in [1.54, 1.807) is 11.8 Å². The van der Waals surface area contributed by atoms with Gasteiger partial charge in [0.25, 0.3) is 0 Å². The lowest BCUT2D eigenvalue weighted by molar-refractivity contribution is -0.116. The molecule has 1 heterocycles. The van der Waals surface area contributed by atoms with E-state index in [2.05, 4.69) is 30.4 Å². The second-order valence-electron chi connectivity index (χ2n) is 7.86. The molecule has 4 nitrogen and oxygen atoms in total. The Morgan fingerprint density at radius 2 is 1.90 bits per heavy atom. The summed E-state index contributed by atoms with van der Waals surface area (Å²) in [6, 6.07) is 14.4. The molecule has 0 radical (unpaired) electrons. The van der Waals surface area contributed by atoms with Crippen molar-refractivity contribution in [3.8, 4) is 0 Å². The summed E-state index contributed by atoms with van der Waals surface area (Å²) in [6.07, 6.45) is 7.14. The Kier molecular flexibility index (Phi) is 6.24. The molecule has 2 aliphatic rings. The van der Waals surface area contributed by atoms with Gasteiger partial charge in [-0.05, 0) is 66.6 Å². The molecular weight excluding hydrogens is 380 g/mol. The second-order valence-corrected chi connectivity index (χ2v) is 8.93. The highest BCUT2D eigenvalue weighted by Gasteiger charge is 2.34. The largest absolute Gasteiger partial charge is 0.326 e. The lowest BCUT2D eigenvalue weighted by Gasteiger charge is -2.25. The van der Waals surface area contributed by atoms with Crippen LogP contribution in [0.4, 0.5) is 11.4 Å². The highest BCUT2D eigenvalue weighted by atomic mass is 32.2. The Bertz CT molecular complexity index is 894. The van der Waals surface area contributed by atoms with Gasteiger partial charge in [-0.1, -0.05) is 38.0 Å². The molecule has 0 bridgehead atoms. The number of hydrogen-bond acceptors (Lipinski definition) is 3. The minimum Gasteiger partial charge on any atom is -0.326 e. The first-order valence-corrected chi connectivity index (χ1v) is 11.7. The van der Waals surface area contributed by atoms with Gasteiger partial charge in [-0.3, -0.25) is 14.5 Å². The molecule has 152 valence electrons. The van der Waals surface area contributed by atoms with E-state index in [-0.39, 0.29) is 17.2 Å². The maximum atomic E-state index is 12.6. The average Bonchev–Trinajstić information content (AvgIpc) is 3.34. The van der Waals surface area contributed by atoms with E-state index < -0.39 is 0 Å². The van der Waals surface area contributed by atoms with Gasteiger partial charge in [-0.2, -0.15) is 0 Å². The first kappa shape index (κ1) is 20.0. The zero-order chi connectivity index (χ0) is 20.2. The zero-order valence-corrected chi connectivity index (χ0v) is 17.8. The number of carbonyl (C=O) groups excluding carboxylic acids is 2. The van der Waals surface area contributed by atoms with Crippen LogP contribution in [0.3, 0.4) is 0 Å². The minimum atomic E-state index is -0.0174. The summed E-state index contributed by atoms with van der Waals surface area (Å²) in [6.45, 7) is 2.13. The van der Waals surface area contributed by atoms with Crippen molar-refractivity contribution >= 4 is 35.0 Å². The molecule has 1 N–H and O–H groups in total. The van der Waals surface area contributed by atoms with Crippen molar-refractivity contribution in [2.75, 3.05) is 16.0 Å². The second kappa shape index (κ2) is 9.04. The Morgan fingerprint density at radius 1 is 1.10 bits per heavy atom. The van der Waals surface area contributed by atoms with E-state index in [0.717, 1.165) is 49.0 Å². The van der Waals surface area contributed by atoms with Gasteiger partial charge >= 0.3 is 0 Å². The van der Waals surface area contributed by atoms with Crippen LogP contribution in [-0.2, 0) is 22.4 Å². The van der Waals surface area contributed by atoms with Crippen LogP contribution in [-0.4, -0.2) is 17.6 Å². The normalized spacial score (nSPS) is 18.2. The topological polar surface area (TPSA) is 49.4 Å². The summed E-state index contributed by atoms with van der Waals surface area (Å²) < 4.78 is 0. The van der Waals surface area contributed by atoms with Crippen LogP contribution in [0.2, 0.25) is 0 Å². The van der Waals surface area contributed by atoms with Crippen molar-refractivity contribution in [3.05, 3.63) is 59.2 Å². The molecule has 0 saturated carbocycles. The van der Waals surface area contributed by atoms with Crippen molar-refractivity contribution < 1.29 is 9.59 Å². The average molecular weight is 409 g/mol.